The van der Waals surface area contributed by atoms with Crippen LogP contribution in [-0.2, 0) is 0 Å². The van der Waals surface area contributed by atoms with Crippen LogP contribution in [0, 0.1) is 11.6 Å². The number of hydrazine groups is 1. The van der Waals surface area contributed by atoms with Crippen molar-refractivity contribution >= 4 is 11.6 Å². The van der Waals surface area contributed by atoms with Gasteiger partial charge in [-0.1, -0.05) is 0 Å². The van der Waals surface area contributed by atoms with Crippen LogP contribution in [0.1, 0.15) is 10.4 Å². The number of phenolic OH excluding ortho intramolecular Hbond substituents is 1. The molecule has 2 aromatic carbocycles. The molecule has 0 radical (unpaired) electrons. The number of hydrogen-bond donors (Lipinski definition) is 3. The summed E-state index contributed by atoms with van der Waals surface area (Å²) in [4.78, 5) is 11.9. The SMILES string of the molecule is COc1cc(C(=O)NNc2ccc(F)cc2)cc(F)c1O. The van der Waals surface area contributed by atoms with E-state index in [0.29, 0.717) is 5.69 Å². The number of ether oxygens (including phenoxy) is 1. The van der Waals surface area contributed by atoms with Gasteiger partial charge in [-0.15, -0.1) is 0 Å². The second-order valence-corrected chi connectivity index (χ2v) is 4.09. The summed E-state index contributed by atoms with van der Waals surface area (Å²) >= 11 is 0. The molecule has 3 N–H and O–H groups in total. The third-order valence-electron chi connectivity index (χ3n) is 2.68. The summed E-state index contributed by atoms with van der Waals surface area (Å²) in [7, 11) is 1.24. The predicted molar refractivity (Wildman–Crippen MR) is 72.1 cm³/mol. The van der Waals surface area contributed by atoms with Gasteiger partial charge in [0.1, 0.15) is 5.82 Å². The third-order valence-corrected chi connectivity index (χ3v) is 2.68. The molecular weight excluding hydrogens is 282 g/mol. The van der Waals surface area contributed by atoms with Gasteiger partial charge in [-0.2, -0.15) is 0 Å². The molecule has 2 aromatic rings. The van der Waals surface area contributed by atoms with Gasteiger partial charge in [-0.25, -0.2) is 8.78 Å². The molecule has 0 aliphatic heterocycles. The zero-order valence-corrected chi connectivity index (χ0v) is 11.0. The van der Waals surface area contributed by atoms with E-state index < -0.39 is 23.3 Å². The van der Waals surface area contributed by atoms with E-state index in [1.54, 1.807) is 0 Å². The summed E-state index contributed by atoms with van der Waals surface area (Å²) in [5.74, 6) is -2.84. The highest BCUT2D eigenvalue weighted by atomic mass is 19.1. The van der Waals surface area contributed by atoms with Crippen LogP contribution >= 0.6 is 0 Å². The minimum Gasteiger partial charge on any atom is -0.502 e. The van der Waals surface area contributed by atoms with Crippen molar-refractivity contribution in [3.8, 4) is 11.5 Å². The predicted octanol–water partition coefficient (Wildman–Crippen LogP) is 2.44. The fourth-order valence-corrected chi connectivity index (χ4v) is 1.59. The van der Waals surface area contributed by atoms with E-state index in [0.717, 1.165) is 6.07 Å². The van der Waals surface area contributed by atoms with E-state index in [-0.39, 0.29) is 11.3 Å². The van der Waals surface area contributed by atoms with Crippen molar-refractivity contribution in [3.63, 3.8) is 0 Å². The highest BCUT2D eigenvalue weighted by Gasteiger charge is 2.14. The molecule has 0 spiro atoms. The molecule has 7 heteroatoms. The van der Waals surface area contributed by atoms with Gasteiger partial charge < -0.3 is 9.84 Å². The molecule has 0 unspecified atom stereocenters. The number of carbonyl (C=O) groups excluding carboxylic acids is 1. The first-order valence-electron chi connectivity index (χ1n) is 5.89. The Labute approximate surface area is 119 Å². The first-order valence-corrected chi connectivity index (χ1v) is 5.89. The standard InChI is InChI=1S/C14H12F2N2O3/c1-21-12-7-8(6-11(16)13(12)19)14(20)18-17-10-4-2-9(15)3-5-10/h2-7,17,19H,1H3,(H,18,20). The lowest BCUT2D eigenvalue weighted by Crippen LogP contribution is -2.29. The highest BCUT2D eigenvalue weighted by Crippen LogP contribution is 2.29. The summed E-state index contributed by atoms with van der Waals surface area (Å²) in [6.07, 6.45) is 0. The third kappa shape index (κ3) is 3.38. The normalized spacial score (nSPS) is 10.0. The van der Waals surface area contributed by atoms with Crippen molar-refractivity contribution in [2.75, 3.05) is 12.5 Å². The fourth-order valence-electron chi connectivity index (χ4n) is 1.59. The first kappa shape index (κ1) is 14.6. The molecule has 2 rings (SSSR count). The molecule has 0 heterocycles. The van der Waals surface area contributed by atoms with Gasteiger partial charge in [-0.3, -0.25) is 15.6 Å². The number of halogens is 2. The second-order valence-electron chi connectivity index (χ2n) is 4.09. The summed E-state index contributed by atoms with van der Waals surface area (Å²) in [6, 6.07) is 7.36. The summed E-state index contributed by atoms with van der Waals surface area (Å²) in [5, 5.41) is 9.35. The Morgan fingerprint density at radius 2 is 1.86 bits per heavy atom. The molecule has 0 aromatic heterocycles. The monoisotopic (exact) mass is 294 g/mol. The van der Waals surface area contributed by atoms with Crippen LogP contribution in [-0.4, -0.2) is 18.1 Å². The van der Waals surface area contributed by atoms with Crippen LogP contribution in [0.2, 0.25) is 0 Å². The summed E-state index contributed by atoms with van der Waals surface area (Å²) in [6.45, 7) is 0. The molecule has 0 fully saturated rings. The molecule has 110 valence electrons. The minimum absolute atomic E-state index is 0.0447. The largest absolute Gasteiger partial charge is 0.502 e. The Morgan fingerprint density at radius 1 is 1.19 bits per heavy atom. The van der Waals surface area contributed by atoms with Gasteiger partial charge in [-0.05, 0) is 36.4 Å². The number of aromatic hydroxyl groups is 1. The average Bonchev–Trinajstić information content (AvgIpc) is 2.49. The van der Waals surface area contributed by atoms with Crippen LogP contribution < -0.4 is 15.6 Å². The number of carbonyl (C=O) groups is 1. The van der Waals surface area contributed by atoms with Crippen molar-refractivity contribution in [2.45, 2.75) is 0 Å². The van der Waals surface area contributed by atoms with Gasteiger partial charge in [0, 0.05) is 5.56 Å². The molecule has 21 heavy (non-hydrogen) atoms. The smallest absolute Gasteiger partial charge is 0.269 e. The van der Waals surface area contributed by atoms with E-state index in [9.17, 15) is 18.7 Å². The quantitative estimate of drug-likeness (QED) is 0.757. The van der Waals surface area contributed by atoms with E-state index in [4.69, 9.17) is 4.74 Å². The number of methoxy groups -OCH3 is 1. The zero-order valence-electron chi connectivity index (χ0n) is 11.0. The Balaban J connectivity index is 2.10. The van der Waals surface area contributed by atoms with E-state index in [1.807, 2.05) is 0 Å². The zero-order chi connectivity index (χ0) is 15.4. The molecule has 5 nitrogen and oxygen atoms in total. The minimum atomic E-state index is -0.971. The molecule has 0 saturated heterocycles. The van der Waals surface area contributed by atoms with Crippen LogP contribution in [0.15, 0.2) is 36.4 Å². The van der Waals surface area contributed by atoms with Gasteiger partial charge in [0.05, 0.1) is 12.8 Å². The van der Waals surface area contributed by atoms with Crippen LogP contribution in [0.5, 0.6) is 11.5 Å². The molecule has 0 bridgehead atoms. The van der Waals surface area contributed by atoms with Crippen molar-refractivity contribution in [1.82, 2.24) is 5.43 Å². The number of benzene rings is 2. The van der Waals surface area contributed by atoms with Crippen molar-refractivity contribution in [2.24, 2.45) is 0 Å². The van der Waals surface area contributed by atoms with Gasteiger partial charge >= 0.3 is 0 Å². The molecule has 1 amide bonds. The topological polar surface area (TPSA) is 70.6 Å². The Hall–Kier alpha value is -2.83. The molecular formula is C14H12F2N2O3. The summed E-state index contributed by atoms with van der Waals surface area (Å²) < 4.78 is 30.9. The van der Waals surface area contributed by atoms with Gasteiger partial charge in [0.2, 0.25) is 0 Å². The fraction of sp³-hybridized carbons (Fsp3) is 0.0714. The summed E-state index contributed by atoms with van der Waals surface area (Å²) in [5.41, 5.74) is 5.28. The van der Waals surface area contributed by atoms with Crippen LogP contribution in [0.25, 0.3) is 0 Å². The molecule has 0 saturated carbocycles. The Morgan fingerprint density at radius 3 is 2.48 bits per heavy atom. The molecule has 0 atom stereocenters. The van der Waals surface area contributed by atoms with E-state index in [1.165, 1.54) is 37.4 Å². The maximum Gasteiger partial charge on any atom is 0.269 e. The van der Waals surface area contributed by atoms with E-state index in [2.05, 4.69) is 10.9 Å². The number of phenols is 1. The average molecular weight is 294 g/mol. The second kappa shape index (κ2) is 6.08. The highest BCUT2D eigenvalue weighted by molar-refractivity contribution is 5.95. The molecule has 0 aliphatic carbocycles. The van der Waals surface area contributed by atoms with Crippen molar-refractivity contribution in [1.29, 1.82) is 0 Å². The Kier molecular flexibility index (Phi) is 4.22. The van der Waals surface area contributed by atoms with Crippen LogP contribution in [0.3, 0.4) is 0 Å². The maximum atomic E-state index is 13.4. The van der Waals surface area contributed by atoms with Crippen molar-refractivity contribution < 1.29 is 23.4 Å². The Bertz CT molecular complexity index is 660. The molecule has 0 aliphatic rings. The maximum absolute atomic E-state index is 13.4. The lowest BCUT2D eigenvalue weighted by atomic mass is 10.2. The number of rotatable bonds is 4. The number of anilines is 1. The number of hydrogen-bond acceptors (Lipinski definition) is 4. The number of nitrogens with one attached hydrogen (secondary N) is 2. The van der Waals surface area contributed by atoms with Crippen molar-refractivity contribution in [3.05, 3.63) is 53.6 Å². The van der Waals surface area contributed by atoms with Gasteiger partial charge in [0.25, 0.3) is 5.91 Å². The first-order chi connectivity index (χ1) is 10.0. The van der Waals surface area contributed by atoms with Gasteiger partial charge in [0.15, 0.2) is 17.3 Å². The van der Waals surface area contributed by atoms with Crippen LogP contribution in [0.4, 0.5) is 14.5 Å². The van der Waals surface area contributed by atoms with E-state index >= 15 is 0 Å². The number of amides is 1. The lowest BCUT2D eigenvalue weighted by Gasteiger charge is -2.10. The lowest BCUT2D eigenvalue weighted by molar-refractivity contribution is 0.0961.